The minimum Gasteiger partial charge on any atom is -0.456 e. The van der Waals surface area contributed by atoms with E-state index < -0.39 is 198 Å². The summed E-state index contributed by atoms with van der Waals surface area (Å²) in [7, 11) is 0. The summed E-state index contributed by atoms with van der Waals surface area (Å²) in [5.41, 5.74) is -19.2. The molecule has 80 heavy (non-hydrogen) atoms. The molecule has 10 unspecified atom stereocenters. The first kappa shape index (κ1) is 53.6. The summed E-state index contributed by atoms with van der Waals surface area (Å²) in [6, 6.07) is 16.8. The molecule has 0 radical (unpaired) electrons. The monoisotopic (exact) mass is 1150 g/mol. The van der Waals surface area contributed by atoms with Crippen LogP contribution < -0.4 is 9.47 Å². The lowest BCUT2D eigenvalue weighted by molar-refractivity contribution is -0.240. The summed E-state index contributed by atoms with van der Waals surface area (Å²) in [4.78, 5) is 80.0. The van der Waals surface area contributed by atoms with Crippen LogP contribution in [0.1, 0.15) is 55.4 Å². The molecule has 26 heteroatoms. The zero-order valence-corrected chi connectivity index (χ0v) is 45.5. The number of esters is 6. The Balaban J connectivity index is 0.000000151. The van der Waals surface area contributed by atoms with E-state index in [9.17, 15) is 59.4 Å². The van der Waals surface area contributed by atoms with Crippen LogP contribution in [0, 0.1) is 56.2 Å². The first-order chi connectivity index (χ1) is 37.4. The van der Waals surface area contributed by atoms with Crippen molar-refractivity contribution < 1.29 is 116 Å². The molecule has 4 aliphatic carbocycles. The topological polar surface area (TPSA) is 335 Å². The molecule has 2 aromatic rings. The Labute approximate surface area is 465 Å². The van der Waals surface area contributed by atoms with E-state index >= 15 is 0 Å². The van der Waals surface area contributed by atoms with Crippen LogP contribution in [0.2, 0.25) is 0 Å². The SMILES string of the molecule is C[C@@H]1C(=O)OC2[C@H](O)C34C5OC(=O)[C@]3(OC3OC(=O)[C@H](OC(=S)Oc6ccccc6)C34[C@H](C(C)(C)C)[C@H]5O)[C@]21O.C[C@@H]1C(=O)OC2[C@H](OC(=S)Oc3ccccc3)C34C5OC(=O)[C@]3(OC3OC(=O)[C@H](O)C34[C@H](C(C)(C)C)[C@H]5O)[C@]21O. The van der Waals surface area contributed by atoms with Crippen LogP contribution in [0.5, 0.6) is 11.5 Å². The van der Waals surface area contributed by atoms with Gasteiger partial charge in [0.25, 0.3) is 0 Å². The number of para-hydroxylation sites is 2. The number of hydrogen-bond acceptors (Lipinski definition) is 26. The lowest BCUT2D eigenvalue weighted by atomic mass is 9.51. The van der Waals surface area contributed by atoms with E-state index in [4.69, 9.17) is 81.3 Å². The molecule has 8 saturated heterocycles. The maximum Gasteiger partial charge on any atom is 0.358 e. The molecule has 12 aliphatic rings. The van der Waals surface area contributed by atoms with Crippen LogP contribution in [0.15, 0.2) is 60.7 Å². The van der Waals surface area contributed by atoms with Crippen molar-refractivity contribution in [2.75, 3.05) is 0 Å². The summed E-state index contributed by atoms with van der Waals surface area (Å²) >= 11 is 10.8. The van der Waals surface area contributed by atoms with Crippen LogP contribution in [-0.4, -0.2) is 173 Å². The second kappa shape index (κ2) is 16.1. The van der Waals surface area contributed by atoms with Crippen molar-refractivity contribution in [2.24, 2.45) is 56.2 Å². The predicted octanol–water partition coefficient (Wildman–Crippen LogP) is -0.0210. The number of rotatable bonds is 4. The lowest BCUT2D eigenvalue weighted by Gasteiger charge is -2.48. The second-order valence-electron chi connectivity index (χ2n) is 25.1. The maximum atomic E-state index is 14.0. The van der Waals surface area contributed by atoms with Gasteiger partial charge in [-0.25, -0.2) is 19.2 Å². The van der Waals surface area contributed by atoms with Gasteiger partial charge in [-0.2, -0.15) is 0 Å². The van der Waals surface area contributed by atoms with E-state index in [1.165, 1.54) is 13.8 Å². The molecular weight excluding hydrogens is 1100 g/mol. The third kappa shape index (κ3) is 5.35. The number of benzene rings is 2. The van der Waals surface area contributed by atoms with Crippen LogP contribution in [0.4, 0.5) is 0 Å². The van der Waals surface area contributed by atoms with Crippen LogP contribution in [0.25, 0.3) is 0 Å². The molecule has 0 bridgehead atoms. The number of fused-ring (bicyclic) bond motifs is 2. The fourth-order valence-electron chi connectivity index (χ4n) is 18.2. The molecule has 428 valence electrons. The Kier molecular flexibility index (Phi) is 10.8. The molecule has 12 fully saturated rings. The van der Waals surface area contributed by atoms with Gasteiger partial charge >= 0.3 is 46.3 Å². The predicted molar refractivity (Wildman–Crippen MR) is 264 cm³/mol. The summed E-state index contributed by atoms with van der Waals surface area (Å²) in [5.74, 6) is -9.88. The summed E-state index contributed by atoms with van der Waals surface area (Å²) in [5, 5.41) is 71.2. The molecule has 24 atom stereocenters. The van der Waals surface area contributed by atoms with Gasteiger partial charge < -0.3 is 87.5 Å². The number of carbonyl (C=O) groups excluding carboxylic acids is 6. The van der Waals surface area contributed by atoms with Crippen molar-refractivity contribution in [3.8, 4) is 11.5 Å². The van der Waals surface area contributed by atoms with Crippen molar-refractivity contribution >= 4 is 70.7 Å². The van der Waals surface area contributed by atoms with Gasteiger partial charge in [0.2, 0.25) is 29.9 Å². The lowest BCUT2D eigenvalue weighted by Crippen LogP contribution is -2.67. The van der Waals surface area contributed by atoms with Crippen molar-refractivity contribution in [2.45, 2.75) is 151 Å². The Hall–Kier alpha value is -5.68. The molecule has 2 aromatic carbocycles. The third-order valence-electron chi connectivity index (χ3n) is 20.2. The largest absolute Gasteiger partial charge is 0.456 e. The molecule has 0 aromatic heterocycles. The Bertz CT molecular complexity index is 3130. The van der Waals surface area contributed by atoms with Crippen LogP contribution >= 0.6 is 24.4 Å². The first-order valence-electron chi connectivity index (χ1n) is 26.1. The number of thiocarbonyl (C=S) groups is 2. The number of hydrogen-bond donors (Lipinski definition) is 6. The minimum absolute atomic E-state index is 0.314. The highest BCUT2D eigenvalue weighted by Crippen LogP contribution is 2.87. The molecular formula is C54H56O24S2. The molecule has 14 rings (SSSR count). The fraction of sp³-hybridized carbons (Fsp3) is 0.630. The van der Waals surface area contributed by atoms with E-state index in [2.05, 4.69) is 0 Å². The molecule has 24 nitrogen and oxygen atoms in total. The van der Waals surface area contributed by atoms with Crippen molar-refractivity contribution in [3.63, 3.8) is 0 Å². The first-order valence-corrected chi connectivity index (χ1v) is 26.9. The highest BCUT2D eigenvalue weighted by Gasteiger charge is 3.08. The molecule has 0 amide bonds. The zero-order chi connectivity index (χ0) is 57.6. The normalized spacial score (nSPS) is 49.5. The molecule has 6 N–H and O–H groups in total. The molecule has 8 heterocycles. The van der Waals surface area contributed by atoms with Gasteiger partial charge in [-0.15, -0.1) is 0 Å². The van der Waals surface area contributed by atoms with E-state index in [-0.39, 0.29) is 0 Å². The van der Waals surface area contributed by atoms with Gasteiger partial charge in [0.15, 0.2) is 35.6 Å². The van der Waals surface area contributed by atoms with Crippen molar-refractivity contribution in [1.82, 2.24) is 0 Å². The van der Waals surface area contributed by atoms with Gasteiger partial charge in [0, 0.05) is 36.3 Å². The van der Waals surface area contributed by atoms with Gasteiger partial charge in [-0.1, -0.05) is 77.9 Å². The Morgan fingerprint density at radius 3 is 1.46 bits per heavy atom. The number of carbonyl (C=O) groups is 6. The van der Waals surface area contributed by atoms with E-state index in [0.29, 0.717) is 11.5 Å². The average molecular weight is 1150 g/mol. The molecule has 4 saturated carbocycles. The van der Waals surface area contributed by atoms with Crippen LogP contribution in [0.3, 0.4) is 0 Å². The van der Waals surface area contributed by atoms with Gasteiger partial charge in [0.05, 0.1) is 34.9 Å². The third-order valence-corrected chi connectivity index (χ3v) is 20.5. The average Bonchev–Trinajstić information content (AvgIpc) is 2.59. The summed E-state index contributed by atoms with van der Waals surface area (Å²) < 4.78 is 70.0. The van der Waals surface area contributed by atoms with E-state index in [1.807, 2.05) is 0 Å². The molecule has 8 aliphatic heterocycles. The number of aliphatic hydroxyl groups excluding tert-OH is 4. The van der Waals surface area contributed by atoms with Crippen molar-refractivity contribution in [1.29, 1.82) is 0 Å². The number of aliphatic hydroxyl groups is 6. The maximum absolute atomic E-state index is 14.0. The van der Waals surface area contributed by atoms with Crippen LogP contribution in [-0.2, 0) is 76.1 Å². The van der Waals surface area contributed by atoms with Crippen molar-refractivity contribution in [3.05, 3.63) is 60.7 Å². The van der Waals surface area contributed by atoms with E-state index in [0.717, 1.165) is 0 Å². The zero-order valence-electron chi connectivity index (χ0n) is 43.9. The fourth-order valence-corrected chi connectivity index (χ4v) is 18.6. The smallest absolute Gasteiger partial charge is 0.358 e. The standard InChI is InChI=1S/2C27H28O12S/c1-10-18(30)35-17-16(37-22(40)34-11-8-6-5-7-9-11)25-15-12(28)13(23(2,3)4)24(25)14(29)19(31)38-21(24)39-27(25,20(32)36-15)26(10,17)33;1-10-18(30)35-16-14(29)25-15-12(28)13(23(2,3)4)24(25)17(37-22(40)34-11-8-6-5-7-9-11)19(31)38-21(24)39-27(25,20(32)36-15)26(10,16)33/h2*5-10,12-17,21,28-29,33H,1-4H3/t10-,12-,13+,14+,15?,16+,17?,21?,24?,25?,26-,27-;10-,12-,13+,14+,15?,16?,17+,21?,24?,25?,26-,27-/m11/s1. The highest BCUT2D eigenvalue weighted by molar-refractivity contribution is 7.80. The minimum atomic E-state index is -2.45. The second-order valence-corrected chi connectivity index (χ2v) is 25.7. The van der Waals surface area contributed by atoms with Gasteiger partial charge in [-0.3, -0.25) is 9.59 Å². The highest BCUT2D eigenvalue weighted by atomic mass is 32.1. The Morgan fingerprint density at radius 2 is 0.950 bits per heavy atom. The number of ether oxygens (including phenoxy) is 12. The summed E-state index contributed by atoms with van der Waals surface area (Å²) in [6.07, 6.45) is -19.3. The Morgan fingerprint density at radius 1 is 0.525 bits per heavy atom. The molecule has 4 spiro atoms. The quantitative estimate of drug-likeness (QED) is 0.133. The van der Waals surface area contributed by atoms with Gasteiger partial charge in [-0.05, 0) is 48.9 Å². The summed E-state index contributed by atoms with van der Waals surface area (Å²) in [6.45, 7) is 13.5. The van der Waals surface area contributed by atoms with Gasteiger partial charge in [0.1, 0.15) is 40.6 Å². The van der Waals surface area contributed by atoms with E-state index in [1.54, 1.807) is 102 Å².